The monoisotopic (exact) mass is 566 g/mol. The minimum Gasteiger partial charge on any atom is -0.508 e. The van der Waals surface area contributed by atoms with Gasteiger partial charge in [0.2, 0.25) is 5.78 Å². The van der Waals surface area contributed by atoms with Gasteiger partial charge in [-0.1, -0.05) is 48.9 Å². The van der Waals surface area contributed by atoms with Crippen LogP contribution >= 0.6 is 11.6 Å². The molecule has 9 nitrogen and oxygen atoms in total. The number of phenols is 1. The average molecular weight is 567 g/mol. The van der Waals surface area contributed by atoms with E-state index >= 15 is 0 Å². The second-order valence-electron chi connectivity index (χ2n) is 10.8. The number of hydrogen-bond donors (Lipinski definition) is 5. The van der Waals surface area contributed by atoms with Crippen LogP contribution in [-0.2, 0) is 27.3 Å². The SMILES string of the molecule is CCN(Cc1cc(O)c2c(c1Cl)CC1C[C@H]3CC(=O)C(C(N)=O)=C(O)[C@@]3(O)C(=O)C1=C2O)C(C)c1ccccc1. The number of aromatic hydroxyl groups is 1. The molecule has 2 aromatic rings. The van der Waals surface area contributed by atoms with E-state index in [1.807, 2.05) is 37.3 Å². The smallest absolute Gasteiger partial charge is 0.255 e. The summed E-state index contributed by atoms with van der Waals surface area (Å²) in [5.41, 5.74) is 3.85. The first-order chi connectivity index (χ1) is 18.9. The van der Waals surface area contributed by atoms with Gasteiger partial charge in [0.1, 0.15) is 22.8 Å². The molecule has 1 saturated carbocycles. The van der Waals surface area contributed by atoms with E-state index in [1.165, 1.54) is 6.07 Å². The molecule has 0 bridgehead atoms. The van der Waals surface area contributed by atoms with Crippen LogP contribution in [0.2, 0.25) is 5.02 Å². The summed E-state index contributed by atoms with van der Waals surface area (Å²) in [5.74, 6) is -6.64. The van der Waals surface area contributed by atoms with Crippen LogP contribution in [0.3, 0.4) is 0 Å². The molecule has 3 aliphatic carbocycles. The zero-order valence-corrected chi connectivity index (χ0v) is 22.9. The zero-order valence-electron chi connectivity index (χ0n) is 22.1. The summed E-state index contributed by atoms with van der Waals surface area (Å²) < 4.78 is 0. The van der Waals surface area contributed by atoms with E-state index in [0.717, 1.165) is 5.56 Å². The number of ketones is 2. The van der Waals surface area contributed by atoms with Crippen molar-refractivity contribution in [3.8, 4) is 5.75 Å². The molecule has 2 unspecified atom stereocenters. The largest absolute Gasteiger partial charge is 0.508 e. The molecule has 40 heavy (non-hydrogen) atoms. The number of hydrogen-bond acceptors (Lipinski definition) is 8. The summed E-state index contributed by atoms with van der Waals surface area (Å²) in [7, 11) is 0. The first kappa shape index (κ1) is 27.9. The number of rotatable bonds is 6. The van der Waals surface area contributed by atoms with E-state index in [1.54, 1.807) is 0 Å². The van der Waals surface area contributed by atoms with Crippen LogP contribution in [0.25, 0.3) is 5.76 Å². The van der Waals surface area contributed by atoms with Gasteiger partial charge >= 0.3 is 0 Å². The molecule has 4 atom stereocenters. The fraction of sp³-hybridized carbons (Fsp3) is 0.367. The minimum atomic E-state index is -2.59. The van der Waals surface area contributed by atoms with E-state index in [2.05, 4.69) is 11.8 Å². The number of nitrogens with zero attached hydrogens (tertiary/aromatic N) is 1. The summed E-state index contributed by atoms with van der Waals surface area (Å²) in [6.07, 6.45) is -0.158. The average Bonchev–Trinajstić information content (AvgIpc) is 2.91. The Morgan fingerprint density at radius 2 is 1.85 bits per heavy atom. The highest BCUT2D eigenvalue weighted by Gasteiger charge is 2.60. The Kier molecular flexibility index (Phi) is 7.02. The van der Waals surface area contributed by atoms with E-state index in [0.29, 0.717) is 29.2 Å². The quantitative estimate of drug-likeness (QED) is 0.331. The number of phenolic OH excluding ortho intramolecular Hbond substituents is 1. The molecule has 3 aliphatic rings. The van der Waals surface area contributed by atoms with Crippen LogP contribution in [0, 0.1) is 11.8 Å². The maximum absolute atomic E-state index is 13.6. The molecule has 0 saturated heterocycles. The first-order valence-corrected chi connectivity index (χ1v) is 13.6. The normalized spacial score (nSPS) is 25.0. The van der Waals surface area contributed by atoms with E-state index in [9.17, 15) is 34.8 Å². The number of halogens is 1. The van der Waals surface area contributed by atoms with Crippen molar-refractivity contribution in [1.82, 2.24) is 4.90 Å². The number of carbonyl (C=O) groups excluding carboxylic acids is 3. The standard InChI is InChI=1S/C30H31ClN2O7/c1-3-33(14(2)15-7-5-4-6-8-15)13-17-11-20(34)23-19(25(17)31)10-16-9-18-12-21(35)24(29(32)39)28(38)30(18,40)27(37)22(16)26(23)36/h4-8,11,14,16,18,34,36,38,40H,3,9-10,12-13H2,1-2H3,(H2,32,39)/t14?,16?,18-,30-/m0/s1. The maximum atomic E-state index is 13.6. The third kappa shape index (κ3) is 4.11. The molecule has 0 heterocycles. The summed E-state index contributed by atoms with van der Waals surface area (Å²) in [4.78, 5) is 40.2. The van der Waals surface area contributed by atoms with E-state index < -0.39 is 52.0 Å². The first-order valence-electron chi connectivity index (χ1n) is 13.2. The molecule has 0 radical (unpaired) electrons. The van der Waals surface area contributed by atoms with Gasteiger partial charge in [-0.15, -0.1) is 0 Å². The highest BCUT2D eigenvalue weighted by atomic mass is 35.5. The Morgan fingerprint density at radius 3 is 2.48 bits per heavy atom. The van der Waals surface area contributed by atoms with Crippen molar-refractivity contribution >= 4 is 34.8 Å². The van der Waals surface area contributed by atoms with Crippen molar-refractivity contribution in [1.29, 1.82) is 0 Å². The molecule has 1 fully saturated rings. The van der Waals surface area contributed by atoms with Gasteiger partial charge in [0.05, 0.1) is 5.56 Å². The molecule has 10 heteroatoms. The molecule has 5 rings (SSSR count). The second-order valence-corrected chi connectivity index (χ2v) is 11.2. The van der Waals surface area contributed by atoms with Crippen LogP contribution in [0.4, 0.5) is 0 Å². The number of benzene rings is 2. The van der Waals surface area contributed by atoms with Gasteiger partial charge in [0.15, 0.2) is 11.4 Å². The van der Waals surface area contributed by atoms with Gasteiger partial charge in [-0.2, -0.15) is 0 Å². The Hall–Kier alpha value is -3.66. The number of carbonyl (C=O) groups is 3. The van der Waals surface area contributed by atoms with Crippen molar-refractivity contribution in [3.05, 3.63) is 80.6 Å². The lowest BCUT2D eigenvalue weighted by atomic mass is 9.59. The fourth-order valence-corrected chi connectivity index (χ4v) is 6.81. The highest BCUT2D eigenvalue weighted by Crippen LogP contribution is 2.53. The molecular weight excluding hydrogens is 536 g/mol. The summed E-state index contributed by atoms with van der Waals surface area (Å²) in [6.45, 7) is 5.23. The number of nitrogens with two attached hydrogens (primary N) is 1. The van der Waals surface area contributed by atoms with Gasteiger partial charge in [0.25, 0.3) is 5.91 Å². The molecule has 2 aromatic carbocycles. The highest BCUT2D eigenvalue weighted by molar-refractivity contribution is 6.32. The maximum Gasteiger partial charge on any atom is 0.255 e. The molecule has 1 amide bonds. The molecule has 6 N–H and O–H groups in total. The Bertz CT molecular complexity index is 1500. The number of aliphatic hydroxyl groups is 3. The lowest BCUT2D eigenvalue weighted by Crippen LogP contribution is -2.58. The predicted octanol–water partition coefficient (Wildman–Crippen LogP) is 3.66. The van der Waals surface area contributed by atoms with E-state index in [-0.39, 0.29) is 42.2 Å². The van der Waals surface area contributed by atoms with Crippen LogP contribution in [0.1, 0.15) is 55.0 Å². The van der Waals surface area contributed by atoms with Crippen LogP contribution in [0.15, 0.2) is 53.3 Å². The molecule has 210 valence electrons. The van der Waals surface area contributed by atoms with Crippen LogP contribution in [-0.4, -0.2) is 54.9 Å². The Balaban J connectivity index is 1.56. The lowest BCUT2D eigenvalue weighted by Gasteiger charge is -2.46. The fourth-order valence-electron chi connectivity index (χ4n) is 6.52. The van der Waals surface area contributed by atoms with Crippen molar-refractivity contribution in [3.63, 3.8) is 0 Å². The van der Waals surface area contributed by atoms with E-state index in [4.69, 9.17) is 17.3 Å². The molecule has 0 spiro atoms. The third-order valence-electron chi connectivity index (χ3n) is 8.68. The van der Waals surface area contributed by atoms with Crippen LogP contribution < -0.4 is 5.73 Å². The van der Waals surface area contributed by atoms with Crippen LogP contribution in [0.5, 0.6) is 5.75 Å². The second kappa shape index (κ2) is 10.1. The summed E-state index contributed by atoms with van der Waals surface area (Å²) in [6, 6.07) is 11.5. The number of Topliss-reactive ketones (excluding diaryl/α,β-unsaturated/α-hetero) is 2. The number of amides is 1. The van der Waals surface area contributed by atoms with Crippen molar-refractivity contribution in [2.75, 3.05) is 6.54 Å². The molecular formula is C30H31ClN2O7. The summed E-state index contributed by atoms with van der Waals surface area (Å²) in [5, 5.41) is 44.7. The van der Waals surface area contributed by atoms with Gasteiger partial charge < -0.3 is 26.2 Å². The van der Waals surface area contributed by atoms with Gasteiger partial charge in [-0.3, -0.25) is 19.3 Å². The Labute approximate surface area is 236 Å². The van der Waals surface area contributed by atoms with Crippen molar-refractivity contribution < 1.29 is 34.8 Å². The number of primary amides is 1. The lowest BCUT2D eigenvalue weighted by molar-refractivity contribution is -0.147. The van der Waals surface area contributed by atoms with Gasteiger partial charge in [0, 0.05) is 35.5 Å². The third-order valence-corrected chi connectivity index (χ3v) is 9.15. The minimum absolute atomic E-state index is 0.0139. The van der Waals surface area contributed by atoms with Crippen molar-refractivity contribution in [2.45, 2.75) is 51.3 Å². The van der Waals surface area contributed by atoms with Gasteiger partial charge in [-0.25, -0.2) is 0 Å². The zero-order chi connectivity index (χ0) is 29.1. The summed E-state index contributed by atoms with van der Waals surface area (Å²) >= 11 is 6.89. The number of aliphatic hydroxyl groups excluding tert-OH is 2. The topological polar surface area (TPSA) is 161 Å². The Morgan fingerprint density at radius 1 is 1.18 bits per heavy atom. The predicted molar refractivity (Wildman–Crippen MR) is 147 cm³/mol. The van der Waals surface area contributed by atoms with Crippen molar-refractivity contribution in [2.24, 2.45) is 17.6 Å². The molecule has 0 aliphatic heterocycles. The van der Waals surface area contributed by atoms with Gasteiger partial charge in [-0.05, 0) is 55.0 Å². The number of fused-ring (bicyclic) bond motifs is 3. The molecule has 0 aromatic heterocycles.